The van der Waals surface area contributed by atoms with Crippen molar-refractivity contribution in [3.8, 4) is 0 Å². The Hall–Kier alpha value is -1.96. The standard InChI is InChI=1S/C11H13N3O4S/c1-8(15)12-4-6-13(7-5-12)11(16)9-2-3-10(19-9)14(17)18/h2-3H,4-7H2,1H3. The number of carbonyl (C=O) groups excluding carboxylic acids is 2. The van der Waals surface area contributed by atoms with E-state index in [0.717, 1.165) is 11.3 Å². The molecule has 0 aromatic carbocycles. The number of piperazine rings is 1. The summed E-state index contributed by atoms with van der Waals surface area (Å²) in [6.45, 7) is 3.44. The number of hydrogen-bond acceptors (Lipinski definition) is 5. The van der Waals surface area contributed by atoms with Gasteiger partial charge < -0.3 is 9.80 Å². The van der Waals surface area contributed by atoms with Crippen molar-refractivity contribution in [2.24, 2.45) is 0 Å². The van der Waals surface area contributed by atoms with Crippen LogP contribution < -0.4 is 0 Å². The summed E-state index contributed by atoms with van der Waals surface area (Å²) < 4.78 is 0. The van der Waals surface area contributed by atoms with Crippen LogP contribution in [0.1, 0.15) is 16.6 Å². The second-order valence-electron chi connectivity index (χ2n) is 4.19. The van der Waals surface area contributed by atoms with Crippen LogP contribution in [0.5, 0.6) is 0 Å². The molecule has 1 aromatic heterocycles. The van der Waals surface area contributed by atoms with Crippen molar-refractivity contribution in [1.82, 2.24) is 9.80 Å². The van der Waals surface area contributed by atoms with E-state index in [9.17, 15) is 19.7 Å². The predicted octanol–water partition coefficient (Wildman–Crippen LogP) is 0.961. The Morgan fingerprint density at radius 2 is 1.79 bits per heavy atom. The summed E-state index contributed by atoms with van der Waals surface area (Å²) in [6, 6.07) is 2.81. The van der Waals surface area contributed by atoms with Crippen LogP contribution in [0, 0.1) is 10.1 Å². The maximum absolute atomic E-state index is 12.1. The van der Waals surface area contributed by atoms with Gasteiger partial charge in [-0.3, -0.25) is 19.7 Å². The van der Waals surface area contributed by atoms with Gasteiger partial charge in [-0.15, -0.1) is 0 Å². The molecule has 19 heavy (non-hydrogen) atoms. The molecule has 2 rings (SSSR count). The van der Waals surface area contributed by atoms with Gasteiger partial charge in [-0.05, 0) is 6.07 Å². The summed E-state index contributed by atoms with van der Waals surface area (Å²) in [5.74, 6) is -0.208. The fourth-order valence-electron chi connectivity index (χ4n) is 1.92. The summed E-state index contributed by atoms with van der Waals surface area (Å²) in [7, 11) is 0. The van der Waals surface area contributed by atoms with Crippen molar-refractivity contribution in [2.45, 2.75) is 6.92 Å². The van der Waals surface area contributed by atoms with E-state index >= 15 is 0 Å². The minimum absolute atomic E-state index is 0.00106. The Morgan fingerprint density at radius 3 is 2.26 bits per heavy atom. The van der Waals surface area contributed by atoms with Gasteiger partial charge in [-0.2, -0.15) is 0 Å². The first-order valence-corrected chi connectivity index (χ1v) is 6.59. The highest BCUT2D eigenvalue weighted by molar-refractivity contribution is 7.17. The number of rotatable bonds is 2. The smallest absolute Gasteiger partial charge is 0.324 e. The maximum atomic E-state index is 12.1. The van der Waals surface area contributed by atoms with Crippen LogP contribution in [0.3, 0.4) is 0 Å². The van der Waals surface area contributed by atoms with Gasteiger partial charge in [-0.25, -0.2) is 0 Å². The zero-order valence-corrected chi connectivity index (χ0v) is 11.2. The lowest BCUT2D eigenvalue weighted by Crippen LogP contribution is -2.49. The van der Waals surface area contributed by atoms with Gasteiger partial charge in [0.1, 0.15) is 0 Å². The van der Waals surface area contributed by atoms with E-state index < -0.39 is 4.92 Å². The van der Waals surface area contributed by atoms with Gasteiger partial charge in [0.2, 0.25) is 5.91 Å². The molecule has 102 valence electrons. The summed E-state index contributed by atoms with van der Waals surface area (Å²) >= 11 is 0.879. The Morgan fingerprint density at radius 1 is 1.21 bits per heavy atom. The first-order valence-electron chi connectivity index (χ1n) is 5.78. The van der Waals surface area contributed by atoms with E-state index in [1.54, 1.807) is 9.80 Å². The molecule has 1 aromatic rings. The lowest BCUT2D eigenvalue weighted by molar-refractivity contribution is -0.380. The zero-order valence-electron chi connectivity index (χ0n) is 10.4. The fourth-order valence-corrected chi connectivity index (χ4v) is 2.71. The van der Waals surface area contributed by atoms with Crippen molar-refractivity contribution in [3.05, 3.63) is 27.1 Å². The summed E-state index contributed by atoms with van der Waals surface area (Å²) in [5.41, 5.74) is 0. The Labute approximate surface area is 113 Å². The van der Waals surface area contributed by atoms with Crippen molar-refractivity contribution in [1.29, 1.82) is 0 Å². The van der Waals surface area contributed by atoms with Gasteiger partial charge in [0.15, 0.2) is 0 Å². The second kappa shape index (κ2) is 5.35. The number of amides is 2. The molecule has 0 atom stereocenters. The molecule has 0 radical (unpaired) electrons. The third-order valence-corrected chi connectivity index (χ3v) is 4.02. The monoisotopic (exact) mass is 283 g/mol. The topological polar surface area (TPSA) is 83.8 Å². The van der Waals surface area contributed by atoms with Crippen LogP contribution >= 0.6 is 11.3 Å². The Bertz CT molecular complexity index is 520. The van der Waals surface area contributed by atoms with Crippen LogP contribution in [0.4, 0.5) is 5.00 Å². The molecule has 0 N–H and O–H groups in total. The molecule has 2 heterocycles. The van der Waals surface area contributed by atoms with Crippen LogP contribution in [0.15, 0.2) is 12.1 Å². The molecule has 1 saturated heterocycles. The average Bonchev–Trinajstić information content (AvgIpc) is 2.87. The van der Waals surface area contributed by atoms with E-state index in [0.29, 0.717) is 31.1 Å². The highest BCUT2D eigenvalue weighted by Gasteiger charge is 2.25. The largest absolute Gasteiger partial charge is 0.339 e. The van der Waals surface area contributed by atoms with E-state index in [1.165, 1.54) is 19.1 Å². The van der Waals surface area contributed by atoms with E-state index in [4.69, 9.17) is 0 Å². The van der Waals surface area contributed by atoms with Crippen LogP contribution in [-0.2, 0) is 4.79 Å². The summed E-state index contributed by atoms with van der Waals surface area (Å²) in [6.07, 6.45) is 0. The number of nitrogens with zero attached hydrogens (tertiary/aromatic N) is 3. The molecule has 2 amide bonds. The molecule has 0 bridgehead atoms. The molecule has 7 nitrogen and oxygen atoms in total. The fraction of sp³-hybridized carbons (Fsp3) is 0.455. The minimum Gasteiger partial charge on any atom is -0.339 e. The molecule has 0 aliphatic carbocycles. The first kappa shape index (κ1) is 13.5. The Kier molecular flexibility index (Phi) is 3.79. The quantitative estimate of drug-likeness (QED) is 0.598. The average molecular weight is 283 g/mol. The number of carbonyl (C=O) groups is 2. The number of nitro groups is 1. The van der Waals surface area contributed by atoms with Crippen molar-refractivity contribution >= 4 is 28.2 Å². The predicted molar refractivity (Wildman–Crippen MR) is 69.1 cm³/mol. The van der Waals surface area contributed by atoms with Crippen LogP contribution in [0.2, 0.25) is 0 Å². The lowest BCUT2D eigenvalue weighted by Gasteiger charge is -2.33. The zero-order chi connectivity index (χ0) is 14.0. The van der Waals surface area contributed by atoms with Crippen molar-refractivity contribution in [3.63, 3.8) is 0 Å². The molecular formula is C11H13N3O4S. The van der Waals surface area contributed by atoms with Gasteiger partial charge in [0.25, 0.3) is 5.91 Å². The lowest BCUT2D eigenvalue weighted by atomic mass is 10.3. The van der Waals surface area contributed by atoms with Crippen molar-refractivity contribution < 1.29 is 14.5 Å². The van der Waals surface area contributed by atoms with E-state index in [-0.39, 0.29) is 16.8 Å². The van der Waals surface area contributed by atoms with Crippen LogP contribution in [-0.4, -0.2) is 52.7 Å². The summed E-state index contributed by atoms with van der Waals surface area (Å²) in [4.78, 5) is 37.0. The van der Waals surface area contributed by atoms with E-state index in [1.807, 2.05) is 0 Å². The number of thiophene rings is 1. The van der Waals surface area contributed by atoms with Gasteiger partial charge in [0.05, 0.1) is 9.80 Å². The molecule has 0 unspecified atom stereocenters. The van der Waals surface area contributed by atoms with Gasteiger partial charge in [0, 0.05) is 39.2 Å². The van der Waals surface area contributed by atoms with Crippen molar-refractivity contribution in [2.75, 3.05) is 26.2 Å². The molecule has 8 heteroatoms. The first-order chi connectivity index (χ1) is 8.99. The Balaban J connectivity index is 2.01. The normalized spacial score (nSPS) is 15.4. The third kappa shape index (κ3) is 2.90. The number of hydrogen-bond donors (Lipinski definition) is 0. The third-order valence-electron chi connectivity index (χ3n) is 2.99. The summed E-state index contributed by atoms with van der Waals surface area (Å²) in [5, 5.41) is 10.5. The molecule has 1 aliphatic rings. The highest BCUT2D eigenvalue weighted by Crippen LogP contribution is 2.25. The molecular weight excluding hydrogens is 270 g/mol. The van der Waals surface area contributed by atoms with Gasteiger partial charge >= 0.3 is 5.00 Å². The van der Waals surface area contributed by atoms with E-state index in [2.05, 4.69) is 0 Å². The highest BCUT2D eigenvalue weighted by atomic mass is 32.1. The van der Waals surface area contributed by atoms with Crippen LogP contribution in [0.25, 0.3) is 0 Å². The molecule has 1 fully saturated rings. The molecule has 1 aliphatic heterocycles. The maximum Gasteiger partial charge on any atom is 0.324 e. The molecule has 0 saturated carbocycles. The SMILES string of the molecule is CC(=O)N1CCN(C(=O)c2ccc([N+](=O)[O-])s2)CC1. The second-order valence-corrected chi connectivity index (χ2v) is 5.26. The minimum atomic E-state index is -0.505. The molecule has 0 spiro atoms. The van der Waals surface area contributed by atoms with Gasteiger partial charge in [-0.1, -0.05) is 11.3 Å².